The molecule has 2 rings (SSSR count). The molecule has 8 N–H and O–H groups in total. The molecule has 0 spiro atoms. The number of carboxylic acids is 2. The number of ketones is 2. The number of Topliss-reactive ketones (excluding diaryl/α,β-unsaturated/α-hetero) is 2. The zero-order valence-electron chi connectivity index (χ0n) is 23.0. The van der Waals surface area contributed by atoms with Crippen LogP contribution in [0.3, 0.4) is 0 Å². The number of ether oxygens (including phenoxy) is 2. The molecule has 0 aliphatic rings. The van der Waals surface area contributed by atoms with E-state index in [9.17, 15) is 29.4 Å². The Kier molecular flexibility index (Phi) is 28.7. The SMILES string of the molecule is C=C(CC)C(=O)c1ccc(OCC(=O)[O-])c(Cl)c1Cl.C=C(CC)C(=O)c1ccc(OCC(=O)[O-])c(Cl)c1Cl.O.O.O.O.[Ca+2]. The van der Waals surface area contributed by atoms with Gasteiger partial charge in [-0.25, -0.2) is 0 Å². The molecule has 0 aromatic heterocycles. The third-order valence-electron chi connectivity index (χ3n) is 4.77. The first kappa shape index (κ1) is 50.7. The second-order valence-corrected chi connectivity index (χ2v) is 8.88. The van der Waals surface area contributed by atoms with Crippen molar-refractivity contribution in [3.63, 3.8) is 0 Å². The third-order valence-corrected chi connectivity index (χ3v) is 6.50. The summed E-state index contributed by atoms with van der Waals surface area (Å²) in [7, 11) is 0. The molecule has 0 aliphatic carbocycles. The molecule has 0 amide bonds. The van der Waals surface area contributed by atoms with Crippen LogP contribution in [0.4, 0.5) is 0 Å². The van der Waals surface area contributed by atoms with E-state index >= 15 is 0 Å². The smallest absolute Gasteiger partial charge is 0.546 e. The van der Waals surface area contributed by atoms with Gasteiger partial charge in [-0.15, -0.1) is 0 Å². The fraction of sp³-hybridized carbons (Fsp3) is 0.231. The quantitative estimate of drug-likeness (QED) is 0.172. The summed E-state index contributed by atoms with van der Waals surface area (Å²) in [5, 5.41) is 20.6. The molecule has 43 heavy (non-hydrogen) atoms. The molecule has 0 unspecified atom stereocenters. The molecule has 12 nitrogen and oxygen atoms in total. The number of benzene rings is 2. The fourth-order valence-electron chi connectivity index (χ4n) is 2.61. The van der Waals surface area contributed by atoms with E-state index in [1.165, 1.54) is 24.3 Å². The predicted octanol–water partition coefficient (Wildman–Crippen LogP) is 0.862. The van der Waals surface area contributed by atoms with Gasteiger partial charge in [-0.1, -0.05) is 73.4 Å². The molecule has 0 atom stereocenters. The van der Waals surface area contributed by atoms with Gasteiger partial charge >= 0.3 is 37.7 Å². The number of hydrogen-bond acceptors (Lipinski definition) is 8. The minimum atomic E-state index is -1.38. The Labute approximate surface area is 297 Å². The molecule has 0 bridgehead atoms. The van der Waals surface area contributed by atoms with E-state index in [1.54, 1.807) is 13.8 Å². The second kappa shape index (κ2) is 24.4. The van der Waals surface area contributed by atoms with Crippen LogP contribution >= 0.6 is 46.4 Å². The number of hydrogen-bond donors (Lipinski definition) is 0. The van der Waals surface area contributed by atoms with Crippen molar-refractivity contribution < 1.29 is 60.8 Å². The monoisotopic (exact) mass is 714 g/mol. The minimum Gasteiger partial charge on any atom is -0.546 e. The topological polar surface area (TPSA) is 259 Å². The Hall–Kier alpha value is -1.94. The third kappa shape index (κ3) is 15.1. The largest absolute Gasteiger partial charge is 2.00 e. The Morgan fingerprint density at radius 1 is 0.628 bits per heavy atom. The van der Waals surface area contributed by atoms with E-state index in [0.29, 0.717) is 24.0 Å². The van der Waals surface area contributed by atoms with Crippen molar-refractivity contribution in [1.29, 1.82) is 0 Å². The maximum Gasteiger partial charge on any atom is 2.00 e. The minimum absolute atomic E-state index is 0. The average molecular weight is 716 g/mol. The van der Waals surface area contributed by atoms with E-state index in [2.05, 4.69) is 13.2 Å². The molecular weight excluding hydrogens is 686 g/mol. The zero-order chi connectivity index (χ0) is 29.2. The number of carboxylic acid groups (broad SMARTS) is 2. The Morgan fingerprint density at radius 3 is 1.14 bits per heavy atom. The first-order valence-electron chi connectivity index (χ1n) is 10.8. The first-order valence-corrected chi connectivity index (χ1v) is 12.3. The van der Waals surface area contributed by atoms with Crippen LogP contribution in [0.25, 0.3) is 0 Å². The van der Waals surface area contributed by atoms with Crippen LogP contribution in [0.15, 0.2) is 48.6 Å². The summed E-state index contributed by atoms with van der Waals surface area (Å²) in [4.78, 5) is 44.5. The Morgan fingerprint density at radius 2 is 0.907 bits per heavy atom. The van der Waals surface area contributed by atoms with Crippen molar-refractivity contribution in [2.75, 3.05) is 13.2 Å². The van der Waals surface area contributed by atoms with Gasteiger partial charge in [0.2, 0.25) is 0 Å². The van der Waals surface area contributed by atoms with Crippen LogP contribution < -0.4 is 19.7 Å². The summed E-state index contributed by atoms with van der Waals surface area (Å²) in [5.74, 6) is -3.22. The molecule has 0 heterocycles. The van der Waals surface area contributed by atoms with Crippen molar-refractivity contribution in [2.45, 2.75) is 26.7 Å². The summed E-state index contributed by atoms with van der Waals surface area (Å²) < 4.78 is 9.78. The number of allylic oxidation sites excluding steroid dienone is 2. The summed E-state index contributed by atoms with van der Waals surface area (Å²) in [6.45, 7) is 9.57. The number of rotatable bonds is 12. The van der Waals surface area contributed by atoms with E-state index in [1.807, 2.05) is 0 Å². The van der Waals surface area contributed by atoms with Gasteiger partial charge in [0.25, 0.3) is 0 Å². The van der Waals surface area contributed by atoms with Crippen molar-refractivity contribution in [3.05, 3.63) is 79.8 Å². The van der Waals surface area contributed by atoms with Crippen LogP contribution in [-0.2, 0) is 9.59 Å². The maximum atomic E-state index is 11.9. The van der Waals surface area contributed by atoms with Gasteiger partial charge in [0.05, 0.1) is 22.0 Å². The number of aliphatic carboxylic acids is 2. The van der Waals surface area contributed by atoms with Crippen LogP contribution in [0.1, 0.15) is 47.4 Å². The summed E-state index contributed by atoms with van der Waals surface area (Å²) >= 11 is 23.8. The van der Waals surface area contributed by atoms with Crippen LogP contribution in [-0.4, -0.2) is 96.4 Å². The average Bonchev–Trinajstić information content (AvgIpc) is 2.88. The maximum absolute atomic E-state index is 11.9. The first-order chi connectivity index (χ1) is 17.8. The molecular formula is C26H30CaCl4O12. The van der Waals surface area contributed by atoms with Crippen LogP contribution in [0.5, 0.6) is 11.5 Å². The molecule has 0 aliphatic heterocycles. The fourth-order valence-corrected chi connectivity index (χ4v) is 3.54. The van der Waals surface area contributed by atoms with Crippen LogP contribution in [0, 0.1) is 0 Å². The molecule has 0 fully saturated rings. The molecule has 17 heteroatoms. The Bertz CT molecular complexity index is 1190. The van der Waals surface area contributed by atoms with Gasteiger partial charge in [-0.2, -0.15) is 0 Å². The van der Waals surface area contributed by atoms with Gasteiger partial charge in [0.15, 0.2) is 11.6 Å². The molecule has 236 valence electrons. The standard InChI is InChI=1S/2C13H12Cl2O4.Ca.4H2O/c2*1-3-7(2)13(18)8-4-5-9(12(15)11(8)14)19-6-10(16)17;;;;;/h2*4-5H,2-3,6H2,1H3,(H,16,17);;4*1H2/q;;+2;;;;/p-2. The van der Waals surface area contributed by atoms with Crippen molar-refractivity contribution in [1.82, 2.24) is 0 Å². The van der Waals surface area contributed by atoms with Crippen LogP contribution in [0.2, 0.25) is 20.1 Å². The normalized spacial score (nSPS) is 8.88. The van der Waals surface area contributed by atoms with Gasteiger partial charge in [0.1, 0.15) is 34.8 Å². The number of carbonyl (C=O) groups is 4. The van der Waals surface area contributed by atoms with Gasteiger partial charge < -0.3 is 51.2 Å². The molecule has 2 aromatic rings. The van der Waals surface area contributed by atoms with E-state index < -0.39 is 25.2 Å². The molecule has 0 radical (unpaired) electrons. The van der Waals surface area contributed by atoms with Gasteiger partial charge in [0, 0.05) is 11.1 Å². The van der Waals surface area contributed by atoms with E-state index in [-0.39, 0.29) is 114 Å². The van der Waals surface area contributed by atoms with E-state index in [0.717, 1.165) is 0 Å². The van der Waals surface area contributed by atoms with E-state index in [4.69, 9.17) is 55.9 Å². The van der Waals surface area contributed by atoms with Crippen molar-refractivity contribution >= 4 is 108 Å². The predicted molar refractivity (Wildman–Crippen MR) is 162 cm³/mol. The summed E-state index contributed by atoms with van der Waals surface area (Å²) in [6.07, 6.45) is 0.992. The molecule has 2 aromatic carbocycles. The van der Waals surface area contributed by atoms with Crippen molar-refractivity contribution in [3.8, 4) is 11.5 Å². The molecule has 0 saturated carbocycles. The van der Waals surface area contributed by atoms with Gasteiger partial charge in [-0.05, 0) is 48.3 Å². The summed E-state index contributed by atoms with van der Waals surface area (Å²) in [5.41, 5.74) is 1.22. The summed E-state index contributed by atoms with van der Waals surface area (Å²) in [6, 6.07) is 5.60. The number of carbonyl (C=O) groups excluding carboxylic acids is 4. The number of halogens is 4. The molecule has 0 saturated heterocycles. The van der Waals surface area contributed by atoms with Gasteiger partial charge in [-0.3, -0.25) is 9.59 Å². The Balaban J connectivity index is -0.000000201. The van der Waals surface area contributed by atoms with Crippen molar-refractivity contribution in [2.24, 2.45) is 0 Å². The zero-order valence-corrected chi connectivity index (χ0v) is 28.3. The second-order valence-electron chi connectivity index (χ2n) is 7.37.